The van der Waals surface area contributed by atoms with Crippen LogP contribution in [0.1, 0.15) is 12.5 Å². The number of halogens is 3. The molecule has 0 atom stereocenters. The number of aliphatic imine (C=N–C) groups is 1. The van der Waals surface area contributed by atoms with Gasteiger partial charge in [0.2, 0.25) is 0 Å². The van der Waals surface area contributed by atoms with Gasteiger partial charge in [-0.1, -0.05) is 11.8 Å². The van der Waals surface area contributed by atoms with E-state index in [1.54, 1.807) is 35.8 Å². The SMILES string of the molecule is C=c1/c(=C(N)\N=C/C)c(=O)ccn1-c1ccc(NC(=O)Nc2cc(C(F)(F)F)ccc2-n2ccnn2)cc1. The molecule has 2 aromatic carbocycles. The molecule has 13 heteroatoms. The molecule has 0 aliphatic heterocycles. The molecule has 10 nitrogen and oxygen atoms in total. The quantitative estimate of drug-likeness (QED) is 0.347. The van der Waals surface area contributed by atoms with E-state index in [9.17, 15) is 22.8 Å². The fraction of sp³-hybridized carbons (Fsp3) is 0.0800. The number of rotatable bonds is 5. The third-order valence-corrected chi connectivity index (χ3v) is 5.37. The van der Waals surface area contributed by atoms with E-state index in [2.05, 4.69) is 32.5 Å². The number of nitrogens with two attached hydrogens (primary N) is 1. The van der Waals surface area contributed by atoms with Gasteiger partial charge >= 0.3 is 12.2 Å². The van der Waals surface area contributed by atoms with Crippen LogP contribution >= 0.6 is 0 Å². The van der Waals surface area contributed by atoms with Crippen LogP contribution in [0.3, 0.4) is 0 Å². The lowest BCUT2D eigenvalue weighted by Crippen LogP contribution is -2.46. The zero-order valence-corrected chi connectivity index (χ0v) is 19.9. The summed E-state index contributed by atoms with van der Waals surface area (Å²) in [4.78, 5) is 28.9. The molecule has 2 aromatic heterocycles. The molecule has 0 spiro atoms. The first-order valence-corrected chi connectivity index (χ1v) is 11.0. The Labute approximate surface area is 213 Å². The summed E-state index contributed by atoms with van der Waals surface area (Å²) < 4.78 is 42.6. The minimum Gasteiger partial charge on any atom is -0.383 e. The first-order valence-electron chi connectivity index (χ1n) is 11.0. The van der Waals surface area contributed by atoms with E-state index >= 15 is 0 Å². The van der Waals surface area contributed by atoms with Crippen LogP contribution < -0.4 is 32.4 Å². The van der Waals surface area contributed by atoms with Crippen molar-refractivity contribution in [2.45, 2.75) is 13.1 Å². The molecule has 0 aliphatic carbocycles. The number of nitrogens with one attached hydrogen (secondary N) is 2. The van der Waals surface area contributed by atoms with Crippen molar-refractivity contribution in [2.24, 2.45) is 10.7 Å². The number of pyridine rings is 1. The highest BCUT2D eigenvalue weighted by Crippen LogP contribution is 2.33. The smallest absolute Gasteiger partial charge is 0.383 e. The highest BCUT2D eigenvalue weighted by molar-refractivity contribution is 6.01. The van der Waals surface area contributed by atoms with Crippen molar-refractivity contribution in [3.63, 3.8) is 0 Å². The maximum Gasteiger partial charge on any atom is 0.416 e. The largest absolute Gasteiger partial charge is 0.416 e. The lowest BCUT2D eigenvalue weighted by Gasteiger charge is -2.15. The van der Waals surface area contributed by atoms with E-state index in [0.29, 0.717) is 16.7 Å². The van der Waals surface area contributed by atoms with Crippen molar-refractivity contribution in [1.29, 1.82) is 0 Å². The van der Waals surface area contributed by atoms with E-state index in [1.807, 2.05) is 0 Å². The lowest BCUT2D eigenvalue weighted by atomic mass is 10.1. The van der Waals surface area contributed by atoms with Crippen molar-refractivity contribution in [2.75, 3.05) is 10.6 Å². The Hall–Kier alpha value is -5.20. The Kier molecular flexibility index (Phi) is 7.10. The Bertz CT molecular complexity index is 1680. The van der Waals surface area contributed by atoms with Crippen molar-refractivity contribution < 1.29 is 18.0 Å². The maximum atomic E-state index is 13.3. The van der Waals surface area contributed by atoms with E-state index in [-0.39, 0.29) is 27.8 Å². The molecule has 0 saturated carbocycles. The van der Waals surface area contributed by atoms with Gasteiger partial charge in [-0.25, -0.2) is 14.5 Å². The Balaban J connectivity index is 1.59. The summed E-state index contributed by atoms with van der Waals surface area (Å²) in [5.74, 6) is 0.0339. The van der Waals surface area contributed by atoms with Crippen molar-refractivity contribution >= 4 is 36.0 Å². The predicted molar refractivity (Wildman–Crippen MR) is 138 cm³/mol. The zero-order valence-electron chi connectivity index (χ0n) is 19.9. The third-order valence-electron chi connectivity index (χ3n) is 5.37. The summed E-state index contributed by atoms with van der Waals surface area (Å²) in [5.41, 5.74) is 5.69. The van der Waals surface area contributed by atoms with E-state index in [0.717, 1.165) is 12.1 Å². The van der Waals surface area contributed by atoms with Crippen molar-refractivity contribution in [3.05, 3.63) is 93.5 Å². The number of benzene rings is 2. The number of hydrogen-bond acceptors (Lipinski definition) is 6. The van der Waals surface area contributed by atoms with Crippen LogP contribution in [0.4, 0.5) is 29.3 Å². The van der Waals surface area contributed by atoms with Crippen LogP contribution in [0, 0.1) is 0 Å². The lowest BCUT2D eigenvalue weighted by molar-refractivity contribution is -0.137. The van der Waals surface area contributed by atoms with Crippen molar-refractivity contribution in [1.82, 2.24) is 19.6 Å². The van der Waals surface area contributed by atoms with Gasteiger partial charge in [-0.05, 0) is 49.4 Å². The van der Waals surface area contributed by atoms with Crippen molar-refractivity contribution in [3.8, 4) is 11.4 Å². The molecule has 4 aromatic rings. The number of anilines is 2. The molecule has 0 aliphatic rings. The van der Waals surface area contributed by atoms with Crippen LogP contribution in [-0.2, 0) is 6.18 Å². The number of carbonyl (C=O) groups excluding carboxylic acids is 1. The first-order chi connectivity index (χ1) is 18.1. The Morgan fingerprint density at radius 2 is 1.84 bits per heavy atom. The van der Waals surface area contributed by atoms with E-state index in [4.69, 9.17) is 5.73 Å². The molecule has 0 radical (unpaired) electrons. The molecule has 0 fully saturated rings. The Morgan fingerprint density at radius 3 is 2.47 bits per heavy atom. The molecular formula is C25H21F3N8O2. The zero-order chi connectivity index (χ0) is 27.4. The number of amides is 2. The number of urea groups is 1. The summed E-state index contributed by atoms with van der Waals surface area (Å²) in [6.07, 6.45) is 1.18. The maximum absolute atomic E-state index is 13.3. The summed E-state index contributed by atoms with van der Waals surface area (Å²) in [5, 5.41) is 12.9. The number of nitrogens with zero attached hydrogens (tertiary/aromatic N) is 5. The summed E-state index contributed by atoms with van der Waals surface area (Å²) >= 11 is 0. The fourth-order valence-electron chi connectivity index (χ4n) is 3.64. The standard InChI is InChI=1S/C25H21F3N8O2/c1-3-30-23(29)22-15(2)35(12-10-21(22)37)18-7-5-17(6-8-18)32-24(38)33-19-14-16(25(26,27)28)4-9-20(19)36-13-11-31-34-36/h3-14H,2,29H2,1H3,(H2,32,33,38)/b23-22+,30-3-. The van der Waals surface area contributed by atoms with Gasteiger partial charge < -0.3 is 20.9 Å². The summed E-state index contributed by atoms with van der Waals surface area (Å²) in [6, 6.07) is 9.92. The minimum absolute atomic E-state index is 0.0339. The van der Waals surface area contributed by atoms with Gasteiger partial charge in [0.05, 0.1) is 39.9 Å². The molecule has 0 unspecified atom stereocenters. The van der Waals surface area contributed by atoms with Crippen LogP contribution in [-0.4, -0.2) is 31.8 Å². The highest BCUT2D eigenvalue weighted by Gasteiger charge is 2.31. The molecule has 4 N–H and O–H groups in total. The molecular weight excluding hydrogens is 501 g/mol. The molecule has 0 bridgehead atoms. The second-order valence-electron chi connectivity index (χ2n) is 7.85. The third kappa shape index (κ3) is 5.46. The van der Waals surface area contributed by atoms with Gasteiger partial charge in [0.15, 0.2) is 5.43 Å². The average Bonchev–Trinajstić information content (AvgIpc) is 3.39. The summed E-state index contributed by atoms with van der Waals surface area (Å²) in [6.45, 7) is 5.62. The van der Waals surface area contributed by atoms with Gasteiger partial charge in [0, 0.05) is 29.9 Å². The molecule has 38 heavy (non-hydrogen) atoms. The molecule has 194 valence electrons. The second kappa shape index (κ2) is 10.4. The van der Waals surface area contributed by atoms with Crippen LogP contribution in [0.2, 0.25) is 0 Å². The number of carbonyl (C=O) groups is 1. The van der Waals surface area contributed by atoms with Crippen LogP contribution in [0.25, 0.3) is 23.8 Å². The normalized spacial score (nSPS) is 12.4. The highest BCUT2D eigenvalue weighted by atomic mass is 19.4. The average molecular weight is 522 g/mol. The molecule has 2 amide bonds. The van der Waals surface area contributed by atoms with Gasteiger partial charge in [-0.15, -0.1) is 5.10 Å². The van der Waals surface area contributed by atoms with Gasteiger partial charge in [-0.2, -0.15) is 13.2 Å². The second-order valence-corrected chi connectivity index (χ2v) is 7.85. The van der Waals surface area contributed by atoms with E-state index < -0.39 is 17.8 Å². The van der Waals surface area contributed by atoms with E-state index in [1.165, 1.54) is 41.6 Å². The molecule has 4 rings (SSSR count). The summed E-state index contributed by atoms with van der Waals surface area (Å²) in [7, 11) is 0. The fourth-order valence-corrected chi connectivity index (χ4v) is 3.64. The number of aromatic nitrogens is 4. The first kappa shape index (κ1) is 25.9. The van der Waals surface area contributed by atoms with Gasteiger partial charge in [-0.3, -0.25) is 4.79 Å². The Morgan fingerprint density at radius 1 is 1.11 bits per heavy atom. The van der Waals surface area contributed by atoms with Gasteiger partial charge in [0.1, 0.15) is 5.82 Å². The monoisotopic (exact) mass is 522 g/mol. The number of hydrogen-bond donors (Lipinski definition) is 3. The van der Waals surface area contributed by atoms with Crippen LogP contribution in [0.5, 0.6) is 0 Å². The predicted octanol–water partition coefficient (Wildman–Crippen LogP) is 2.61. The van der Waals surface area contributed by atoms with Gasteiger partial charge in [0.25, 0.3) is 0 Å². The minimum atomic E-state index is -4.61. The van der Waals surface area contributed by atoms with Crippen LogP contribution in [0.15, 0.2) is 76.9 Å². The number of alkyl halides is 3. The topological polar surface area (TPSA) is 132 Å². The molecule has 2 heterocycles. The molecule has 0 saturated heterocycles.